The van der Waals surface area contributed by atoms with Crippen LogP contribution in [-0.4, -0.2) is 35.9 Å². The number of halogens is 3. The molecule has 1 heterocycles. The minimum absolute atomic E-state index is 0.0992. The topological polar surface area (TPSA) is 70.4 Å². The number of methoxy groups -OCH3 is 2. The number of carbonyl (C=O) groups is 2. The Labute approximate surface area is 181 Å². The van der Waals surface area contributed by atoms with Gasteiger partial charge in [0, 0.05) is 9.13 Å². The van der Waals surface area contributed by atoms with Gasteiger partial charge in [0.2, 0.25) is 0 Å². The Balaban J connectivity index is 2.40. The number of carbonyl (C=O) groups excluding carboxylic acids is 2. The third-order valence-electron chi connectivity index (χ3n) is 3.92. The number of aromatic nitrogens is 2. The third kappa shape index (κ3) is 3.68. The number of para-hydroxylation sites is 1. The summed E-state index contributed by atoms with van der Waals surface area (Å²) in [6.07, 6.45) is 0. The minimum Gasteiger partial charge on any atom is -0.465 e. The van der Waals surface area contributed by atoms with Gasteiger partial charge in [-0.1, -0.05) is 18.2 Å². The highest BCUT2D eigenvalue weighted by atomic mass is 127. The fourth-order valence-corrected chi connectivity index (χ4v) is 4.14. The Morgan fingerprint density at radius 2 is 1.75 bits per heavy atom. The highest BCUT2D eigenvalue weighted by molar-refractivity contribution is 14.1. The first kappa shape index (κ1) is 20.5. The van der Waals surface area contributed by atoms with Gasteiger partial charge in [0.25, 0.3) is 0 Å². The second-order valence-electron chi connectivity index (χ2n) is 5.55. The fourth-order valence-electron chi connectivity index (χ4n) is 2.65. The van der Waals surface area contributed by atoms with Crippen molar-refractivity contribution in [1.29, 1.82) is 0 Å². The average Bonchev–Trinajstić information content (AvgIpc) is 3.10. The molecule has 6 nitrogen and oxygen atoms in total. The molecule has 9 heteroatoms. The molecule has 2 aromatic carbocycles. The molecule has 0 aliphatic rings. The second-order valence-corrected chi connectivity index (χ2v) is 7.57. The first-order valence-corrected chi connectivity index (χ1v) is 9.76. The molecular weight excluding hydrogens is 546 g/mol. The van der Waals surface area contributed by atoms with Crippen LogP contribution < -0.4 is 0 Å². The van der Waals surface area contributed by atoms with Gasteiger partial charge in [-0.25, -0.2) is 18.7 Å². The number of hydrogen-bond acceptors (Lipinski definition) is 5. The molecule has 0 amide bonds. The number of benzene rings is 2. The predicted octanol–water partition coefficient (Wildman–Crippen LogP) is 4.62. The quantitative estimate of drug-likeness (QED) is 0.265. The van der Waals surface area contributed by atoms with Crippen molar-refractivity contribution in [2.24, 2.45) is 0 Å². The van der Waals surface area contributed by atoms with Crippen LogP contribution in [0.15, 0.2) is 46.9 Å². The number of hydrogen-bond donors (Lipinski definition) is 0. The van der Waals surface area contributed by atoms with Gasteiger partial charge < -0.3 is 9.47 Å². The molecule has 144 valence electrons. The summed E-state index contributed by atoms with van der Waals surface area (Å²) >= 11 is 5.14. The zero-order valence-corrected chi connectivity index (χ0v) is 18.4. The van der Waals surface area contributed by atoms with Gasteiger partial charge in [-0.15, -0.1) is 0 Å². The molecule has 0 saturated carbocycles. The summed E-state index contributed by atoms with van der Waals surface area (Å²) in [5, 5.41) is 4.45. The lowest BCUT2D eigenvalue weighted by Crippen LogP contribution is -2.15. The summed E-state index contributed by atoms with van der Waals surface area (Å²) in [7, 11) is 2.40. The van der Waals surface area contributed by atoms with Crippen molar-refractivity contribution in [2.75, 3.05) is 14.2 Å². The van der Waals surface area contributed by atoms with E-state index in [1.807, 2.05) is 22.6 Å². The molecule has 0 aliphatic heterocycles. The van der Waals surface area contributed by atoms with Crippen LogP contribution in [0, 0.1) is 9.39 Å². The monoisotopic (exact) mass is 558 g/mol. The number of ether oxygens (including phenoxy) is 2. The van der Waals surface area contributed by atoms with E-state index in [1.165, 1.54) is 25.0 Å². The fraction of sp³-hybridized carbons (Fsp3) is 0.105. The van der Waals surface area contributed by atoms with Crippen molar-refractivity contribution in [3.8, 4) is 16.9 Å². The van der Waals surface area contributed by atoms with Crippen molar-refractivity contribution < 1.29 is 23.5 Å². The van der Waals surface area contributed by atoms with E-state index in [4.69, 9.17) is 9.47 Å². The summed E-state index contributed by atoms with van der Waals surface area (Å²) in [6.45, 7) is 0. The summed E-state index contributed by atoms with van der Waals surface area (Å²) in [5.41, 5.74) is 0.799. The average molecular weight is 559 g/mol. The van der Waals surface area contributed by atoms with Crippen LogP contribution in [0.4, 0.5) is 4.39 Å². The van der Waals surface area contributed by atoms with E-state index >= 15 is 0 Å². The molecule has 0 fully saturated rings. The van der Waals surface area contributed by atoms with Gasteiger partial charge >= 0.3 is 11.9 Å². The standard InChI is InChI=1S/C19H13BrFIN2O4/c1-27-18(25)15-16(11-8-13(21)12(20)9-14(11)22)23-24(17(15)19(26)28-2)10-6-4-3-5-7-10/h3-9H,1-2H3. The molecule has 28 heavy (non-hydrogen) atoms. The normalized spacial score (nSPS) is 10.6. The highest BCUT2D eigenvalue weighted by Crippen LogP contribution is 2.34. The molecule has 0 spiro atoms. The van der Waals surface area contributed by atoms with E-state index in [-0.39, 0.29) is 21.4 Å². The van der Waals surface area contributed by atoms with Gasteiger partial charge in [0.05, 0.1) is 24.4 Å². The number of esters is 2. The van der Waals surface area contributed by atoms with Crippen molar-refractivity contribution in [2.45, 2.75) is 0 Å². The molecule has 0 aliphatic carbocycles. The van der Waals surface area contributed by atoms with Gasteiger partial charge in [-0.05, 0) is 62.8 Å². The molecule has 0 unspecified atom stereocenters. The first-order valence-electron chi connectivity index (χ1n) is 7.89. The Hall–Kier alpha value is -2.27. The van der Waals surface area contributed by atoms with Crippen molar-refractivity contribution in [1.82, 2.24) is 9.78 Å². The van der Waals surface area contributed by atoms with Crippen molar-refractivity contribution in [3.05, 3.63) is 67.6 Å². The zero-order chi connectivity index (χ0) is 20.4. The van der Waals surface area contributed by atoms with E-state index in [2.05, 4.69) is 21.0 Å². The van der Waals surface area contributed by atoms with Crippen LogP contribution in [0.5, 0.6) is 0 Å². The highest BCUT2D eigenvalue weighted by Gasteiger charge is 2.32. The summed E-state index contributed by atoms with van der Waals surface area (Å²) in [6, 6.07) is 11.6. The Kier molecular flexibility index (Phi) is 6.14. The largest absolute Gasteiger partial charge is 0.465 e. The number of nitrogens with zero attached hydrogens (tertiary/aromatic N) is 2. The Bertz CT molecular complexity index is 1070. The second kappa shape index (κ2) is 8.39. The SMILES string of the molecule is COC(=O)c1c(-c2cc(F)c(Br)cc2I)nn(-c2ccccc2)c1C(=O)OC. The number of rotatable bonds is 4. The predicted molar refractivity (Wildman–Crippen MR) is 112 cm³/mol. The summed E-state index contributed by atoms with van der Waals surface area (Å²) in [5.74, 6) is -2.08. The molecule has 3 rings (SSSR count). The van der Waals surface area contributed by atoms with E-state index in [0.717, 1.165) is 0 Å². The molecule has 1 aromatic heterocycles. The summed E-state index contributed by atoms with van der Waals surface area (Å²) < 4.78 is 26.2. The Morgan fingerprint density at radius 1 is 1.11 bits per heavy atom. The van der Waals surface area contributed by atoms with Crippen LogP contribution in [0.1, 0.15) is 20.8 Å². The maximum Gasteiger partial charge on any atom is 0.357 e. The lowest BCUT2D eigenvalue weighted by Gasteiger charge is -2.07. The molecule has 0 radical (unpaired) electrons. The van der Waals surface area contributed by atoms with Gasteiger partial charge in [-0.3, -0.25) is 0 Å². The van der Waals surface area contributed by atoms with Gasteiger partial charge in [0.1, 0.15) is 17.1 Å². The van der Waals surface area contributed by atoms with Crippen LogP contribution in [0.3, 0.4) is 0 Å². The van der Waals surface area contributed by atoms with Crippen molar-refractivity contribution in [3.63, 3.8) is 0 Å². The molecule has 0 bridgehead atoms. The van der Waals surface area contributed by atoms with E-state index in [0.29, 0.717) is 14.8 Å². The lowest BCUT2D eigenvalue weighted by molar-refractivity contribution is 0.0549. The van der Waals surface area contributed by atoms with Crippen molar-refractivity contribution >= 4 is 50.5 Å². The molecular formula is C19H13BrFIN2O4. The smallest absolute Gasteiger partial charge is 0.357 e. The van der Waals surface area contributed by atoms with Crippen LogP contribution in [0.25, 0.3) is 16.9 Å². The van der Waals surface area contributed by atoms with E-state index in [9.17, 15) is 14.0 Å². The molecule has 0 atom stereocenters. The van der Waals surface area contributed by atoms with E-state index < -0.39 is 17.8 Å². The first-order chi connectivity index (χ1) is 13.4. The van der Waals surface area contributed by atoms with E-state index in [1.54, 1.807) is 36.4 Å². The minimum atomic E-state index is -0.781. The Morgan fingerprint density at radius 3 is 2.36 bits per heavy atom. The maximum atomic E-state index is 14.2. The molecule has 3 aromatic rings. The summed E-state index contributed by atoms with van der Waals surface area (Å²) in [4.78, 5) is 25.1. The molecule has 0 N–H and O–H groups in total. The van der Waals surface area contributed by atoms with Gasteiger partial charge in [0.15, 0.2) is 5.69 Å². The maximum absolute atomic E-state index is 14.2. The van der Waals surface area contributed by atoms with Crippen LogP contribution >= 0.6 is 38.5 Å². The molecule has 0 saturated heterocycles. The zero-order valence-electron chi connectivity index (χ0n) is 14.7. The lowest BCUT2D eigenvalue weighted by atomic mass is 10.1. The van der Waals surface area contributed by atoms with Crippen LogP contribution in [-0.2, 0) is 9.47 Å². The van der Waals surface area contributed by atoms with Gasteiger partial charge in [-0.2, -0.15) is 5.10 Å². The van der Waals surface area contributed by atoms with Crippen LogP contribution in [0.2, 0.25) is 0 Å². The third-order valence-corrected chi connectivity index (χ3v) is 5.42.